The molecular formula is C21H20BrN3O3. The van der Waals surface area contributed by atoms with Gasteiger partial charge in [-0.25, -0.2) is 0 Å². The van der Waals surface area contributed by atoms with Crippen LogP contribution in [0.15, 0.2) is 47.1 Å². The third-order valence-electron chi connectivity index (χ3n) is 4.51. The van der Waals surface area contributed by atoms with Crippen LogP contribution in [0.2, 0.25) is 0 Å². The number of amides is 1. The first-order valence-electron chi connectivity index (χ1n) is 9.02. The summed E-state index contributed by atoms with van der Waals surface area (Å²) in [5, 5.41) is 7.45. The number of carbonyl (C=O) groups excluding carboxylic acids is 1. The molecule has 1 aromatic heterocycles. The number of aryl methyl sites for hydroxylation is 2. The molecule has 1 aliphatic heterocycles. The standard InChI is InChI=1S/C21H20BrN3O3/c1-13-10-15(5-6-17(13)22)23-21(26)16-12-25(2)24-20(16)14-4-7-18-19(11-14)28-9-3-8-27-18/h4-7,10-12H,3,8-9H2,1-2H3,(H,23,26). The monoisotopic (exact) mass is 441 g/mol. The average Bonchev–Trinajstić information content (AvgIpc) is 2.92. The van der Waals surface area contributed by atoms with Crippen LogP contribution in [0.4, 0.5) is 5.69 Å². The number of hydrogen-bond donors (Lipinski definition) is 1. The van der Waals surface area contributed by atoms with E-state index >= 15 is 0 Å². The molecule has 6 nitrogen and oxygen atoms in total. The summed E-state index contributed by atoms with van der Waals surface area (Å²) >= 11 is 3.47. The molecule has 0 spiro atoms. The van der Waals surface area contributed by atoms with E-state index in [0.29, 0.717) is 36.0 Å². The van der Waals surface area contributed by atoms with Gasteiger partial charge in [0.1, 0.15) is 5.69 Å². The first-order valence-corrected chi connectivity index (χ1v) is 9.82. The maximum Gasteiger partial charge on any atom is 0.259 e. The van der Waals surface area contributed by atoms with Crippen molar-refractivity contribution < 1.29 is 14.3 Å². The van der Waals surface area contributed by atoms with Crippen molar-refractivity contribution in [3.63, 3.8) is 0 Å². The number of aromatic nitrogens is 2. The third-order valence-corrected chi connectivity index (χ3v) is 5.40. The van der Waals surface area contributed by atoms with E-state index in [4.69, 9.17) is 9.47 Å². The highest BCUT2D eigenvalue weighted by Gasteiger charge is 2.20. The van der Waals surface area contributed by atoms with Crippen LogP contribution >= 0.6 is 15.9 Å². The Kier molecular flexibility index (Phi) is 5.09. The highest BCUT2D eigenvalue weighted by atomic mass is 79.9. The van der Waals surface area contributed by atoms with Gasteiger partial charge in [0.15, 0.2) is 11.5 Å². The summed E-state index contributed by atoms with van der Waals surface area (Å²) in [4.78, 5) is 12.9. The van der Waals surface area contributed by atoms with E-state index in [2.05, 4.69) is 26.3 Å². The Labute approximate surface area is 171 Å². The fourth-order valence-electron chi connectivity index (χ4n) is 3.10. The van der Waals surface area contributed by atoms with E-state index in [9.17, 15) is 4.79 Å². The van der Waals surface area contributed by atoms with E-state index in [1.165, 1.54) is 0 Å². The highest BCUT2D eigenvalue weighted by molar-refractivity contribution is 9.10. The predicted octanol–water partition coefficient (Wildman–Crippen LogP) is 4.57. The quantitative estimate of drug-likeness (QED) is 0.646. The molecule has 144 valence electrons. The van der Waals surface area contributed by atoms with Crippen LogP contribution in [-0.2, 0) is 7.05 Å². The lowest BCUT2D eigenvalue weighted by Gasteiger charge is -2.10. The number of nitrogens with zero attached hydrogens (tertiary/aromatic N) is 2. The van der Waals surface area contributed by atoms with E-state index in [-0.39, 0.29) is 5.91 Å². The van der Waals surface area contributed by atoms with E-state index < -0.39 is 0 Å². The number of fused-ring (bicyclic) bond motifs is 1. The molecule has 3 aromatic rings. The average molecular weight is 442 g/mol. The second kappa shape index (κ2) is 7.67. The summed E-state index contributed by atoms with van der Waals surface area (Å²) in [6, 6.07) is 11.3. The fraction of sp³-hybridized carbons (Fsp3) is 0.238. The van der Waals surface area contributed by atoms with E-state index in [0.717, 1.165) is 27.7 Å². The molecule has 0 fully saturated rings. The molecule has 7 heteroatoms. The Hall–Kier alpha value is -2.80. The predicted molar refractivity (Wildman–Crippen MR) is 111 cm³/mol. The smallest absolute Gasteiger partial charge is 0.259 e. The molecule has 0 bridgehead atoms. The molecule has 1 N–H and O–H groups in total. The summed E-state index contributed by atoms with van der Waals surface area (Å²) in [5.74, 6) is 1.18. The van der Waals surface area contributed by atoms with E-state index in [1.807, 2.05) is 43.3 Å². The maximum atomic E-state index is 12.9. The zero-order valence-electron chi connectivity index (χ0n) is 15.7. The van der Waals surface area contributed by atoms with Crippen molar-refractivity contribution in [3.05, 3.63) is 58.2 Å². The molecule has 4 rings (SSSR count). The normalized spacial score (nSPS) is 13.1. The van der Waals surface area contributed by atoms with Crippen LogP contribution in [-0.4, -0.2) is 28.9 Å². The maximum absolute atomic E-state index is 12.9. The van der Waals surface area contributed by atoms with Gasteiger partial charge in [0, 0.05) is 35.4 Å². The lowest BCUT2D eigenvalue weighted by atomic mass is 10.1. The van der Waals surface area contributed by atoms with E-state index in [1.54, 1.807) is 17.9 Å². The zero-order valence-corrected chi connectivity index (χ0v) is 17.2. The number of rotatable bonds is 3. The summed E-state index contributed by atoms with van der Waals surface area (Å²) in [5.41, 5.74) is 3.69. The van der Waals surface area contributed by atoms with Crippen molar-refractivity contribution in [2.45, 2.75) is 13.3 Å². The largest absolute Gasteiger partial charge is 0.490 e. The van der Waals surface area contributed by atoms with Gasteiger partial charge in [-0.2, -0.15) is 5.10 Å². The van der Waals surface area contributed by atoms with Gasteiger partial charge in [-0.1, -0.05) is 15.9 Å². The molecule has 1 aliphatic rings. The number of anilines is 1. The number of benzene rings is 2. The lowest BCUT2D eigenvalue weighted by molar-refractivity contribution is 0.102. The van der Waals surface area contributed by atoms with Gasteiger partial charge in [0.25, 0.3) is 5.91 Å². The number of nitrogens with one attached hydrogen (secondary N) is 1. The minimum absolute atomic E-state index is 0.211. The van der Waals surface area contributed by atoms with Crippen LogP contribution in [0.1, 0.15) is 22.3 Å². The molecule has 28 heavy (non-hydrogen) atoms. The second-order valence-electron chi connectivity index (χ2n) is 6.70. The minimum atomic E-state index is -0.211. The van der Waals surface area contributed by atoms with Gasteiger partial charge in [-0.3, -0.25) is 9.48 Å². The molecule has 0 saturated carbocycles. The van der Waals surface area contributed by atoms with Gasteiger partial charge in [0.2, 0.25) is 0 Å². The van der Waals surface area contributed by atoms with Gasteiger partial charge in [-0.05, 0) is 48.9 Å². The lowest BCUT2D eigenvalue weighted by Crippen LogP contribution is -2.12. The van der Waals surface area contributed by atoms with Gasteiger partial charge in [-0.15, -0.1) is 0 Å². The van der Waals surface area contributed by atoms with Crippen molar-refractivity contribution in [3.8, 4) is 22.8 Å². The molecule has 1 amide bonds. The zero-order chi connectivity index (χ0) is 19.7. The number of ether oxygens (including phenoxy) is 2. The van der Waals surface area contributed by atoms with Crippen LogP contribution < -0.4 is 14.8 Å². The molecule has 0 atom stereocenters. The Balaban J connectivity index is 1.66. The Morgan fingerprint density at radius 3 is 2.71 bits per heavy atom. The number of halogens is 1. The summed E-state index contributed by atoms with van der Waals surface area (Å²) in [6.45, 7) is 3.22. The summed E-state index contributed by atoms with van der Waals surface area (Å²) in [7, 11) is 1.80. The molecule has 0 aliphatic carbocycles. The van der Waals surface area contributed by atoms with Crippen LogP contribution in [0, 0.1) is 6.92 Å². The van der Waals surface area contributed by atoms with Crippen molar-refractivity contribution >= 4 is 27.5 Å². The molecule has 2 heterocycles. The van der Waals surface area contributed by atoms with Crippen molar-refractivity contribution in [2.75, 3.05) is 18.5 Å². The molecule has 0 radical (unpaired) electrons. The molecule has 0 unspecified atom stereocenters. The van der Waals surface area contributed by atoms with Gasteiger partial charge < -0.3 is 14.8 Å². The molecular weight excluding hydrogens is 422 g/mol. The topological polar surface area (TPSA) is 65.4 Å². The van der Waals surface area contributed by atoms with Crippen molar-refractivity contribution in [1.82, 2.24) is 9.78 Å². The van der Waals surface area contributed by atoms with Gasteiger partial charge >= 0.3 is 0 Å². The fourth-order valence-corrected chi connectivity index (χ4v) is 3.35. The number of carbonyl (C=O) groups is 1. The summed E-state index contributed by atoms with van der Waals surface area (Å²) < 4.78 is 14.1. The first-order chi connectivity index (χ1) is 13.5. The number of hydrogen-bond acceptors (Lipinski definition) is 4. The summed E-state index contributed by atoms with van der Waals surface area (Å²) in [6.07, 6.45) is 2.56. The van der Waals surface area contributed by atoms with Crippen molar-refractivity contribution in [2.24, 2.45) is 7.05 Å². The molecule has 0 saturated heterocycles. The van der Waals surface area contributed by atoms with Gasteiger partial charge in [0.05, 0.1) is 18.8 Å². The van der Waals surface area contributed by atoms with Crippen LogP contribution in [0.3, 0.4) is 0 Å². The first kappa shape index (κ1) is 18.6. The third kappa shape index (κ3) is 3.75. The Morgan fingerprint density at radius 1 is 1.14 bits per heavy atom. The van der Waals surface area contributed by atoms with Crippen LogP contribution in [0.5, 0.6) is 11.5 Å². The Bertz CT molecular complexity index is 1050. The SMILES string of the molecule is Cc1cc(NC(=O)c2cn(C)nc2-c2ccc3c(c2)OCCCO3)ccc1Br. The van der Waals surface area contributed by atoms with Crippen LogP contribution in [0.25, 0.3) is 11.3 Å². The highest BCUT2D eigenvalue weighted by Crippen LogP contribution is 2.35. The minimum Gasteiger partial charge on any atom is -0.490 e. The molecule has 2 aromatic carbocycles. The Morgan fingerprint density at radius 2 is 1.93 bits per heavy atom. The second-order valence-corrected chi connectivity index (χ2v) is 7.55. The van der Waals surface area contributed by atoms with Crippen molar-refractivity contribution in [1.29, 1.82) is 0 Å².